The molecule has 0 saturated heterocycles. The van der Waals surface area contributed by atoms with Crippen LogP contribution in [0.5, 0.6) is 0 Å². The van der Waals surface area contributed by atoms with Crippen LogP contribution in [-0.2, 0) is 17.9 Å². The average Bonchev–Trinajstić information content (AvgIpc) is 3.21. The summed E-state index contributed by atoms with van der Waals surface area (Å²) in [6.45, 7) is 1.69. The first-order valence-corrected chi connectivity index (χ1v) is 9.27. The Balaban J connectivity index is 1.64. The Hall–Kier alpha value is -2.02. The highest BCUT2D eigenvalue weighted by Gasteiger charge is 2.13. The molecule has 0 saturated carbocycles. The van der Waals surface area contributed by atoms with Crippen molar-refractivity contribution in [2.75, 3.05) is 11.9 Å². The molecule has 0 fully saturated rings. The molecular weight excluding hydrogens is 343 g/mol. The van der Waals surface area contributed by atoms with Gasteiger partial charge in [-0.3, -0.25) is 9.69 Å². The number of carbonyl (C=O) groups is 1. The maximum atomic E-state index is 13.2. The number of nitrogens with zero attached hydrogens (tertiary/aromatic N) is 1. The normalized spacial score (nSPS) is 10.9. The Bertz CT molecular complexity index is 736. The van der Waals surface area contributed by atoms with Crippen LogP contribution in [0.1, 0.15) is 9.75 Å². The van der Waals surface area contributed by atoms with Gasteiger partial charge in [-0.1, -0.05) is 18.2 Å². The van der Waals surface area contributed by atoms with Crippen molar-refractivity contribution in [3.63, 3.8) is 0 Å². The third-order valence-electron chi connectivity index (χ3n) is 3.39. The maximum Gasteiger partial charge on any atom is 0.238 e. The van der Waals surface area contributed by atoms with Gasteiger partial charge in [-0.25, -0.2) is 4.39 Å². The van der Waals surface area contributed by atoms with Gasteiger partial charge in [-0.15, -0.1) is 22.7 Å². The van der Waals surface area contributed by atoms with E-state index in [1.54, 1.807) is 34.8 Å². The highest BCUT2D eigenvalue weighted by Crippen LogP contribution is 2.17. The van der Waals surface area contributed by atoms with Crippen molar-refractivity contribution in [2.24, 2.45) is 0 Å². The Kier molecular flexibility index (Phi) is 5.74. The maximum absolute atomic E-state index is 13.2. The second-order valence-corrected chi connectivity index (χ2v) is 7.43. The van der Waals surface area contributed by atoms with Crippen LogP contribution in [0.4, 0.5) is 10.1 Å². The number of carbonyl (C=O) groups excluding carboxylic acids is 1. The number of anilines is 1. The molecule has 6 heteroatoms. The quantitative estimate of drug-likeness (QED) is 0.668. The lowest BCUT2D eigenvalue weighted by molar-refractivity contribution is -0.117. The largest absolute Gasteiger partial charge is 0.325 e. The molecule has 1 amide bonds. The molecular formula is C18H17FN2OS2. The number of hydrogen-bond donors (Lipinski definition) is 1. The summed E-state index contributed by atoms with van der Waals surface area (Å²) in [5.41, 5.74) is 0.479. The fourth-order valence-corrected chi connectivity index (χ4v) is 3.88. The number of benzene rings is 1. The third-order valence-corrected chi connectivity index (χ3v) is 5.12. The van der Waals surface area contributed by atoms with Crippen LogP contribution in [-0.4, -0.2) is 17.4 Å². The van der Waals surface area contributed by atoms with Gasteiger partial charge in [-0.2, -0.15) is 0 Å². The summed E-state index contributed by atoms with van der Waals surface area (Å²) in [7, 11) is 0. The SMILES string of the molecule is O=C(CN(Cc1cccs1)Cc1cccs1)Nc1cccc(F)c1. The number of rotatable bonds is 7. The standard InChI is InChI=1S/C18H17FN2OS2/c19-14-4-1-5-15(10-14)20-18(22)13-21(11-16-6-2-8-23-16)12-17-7-3-9-24-17/h1-10H,11-13H2,(H,20,22). The predicted octanol–water partition coefficient (Wildman–Crippen LogP) is 4.59. The molecule has 0 radical (unpaired) electrons. The number of halogens is 1. The minimum absolute atomic E-state index is 0.145. The van der Waals surface area contributed by atoms with E-state index in [9.17, 15) is 9.18 Å². The van der Waals surface area contributed by atoms with Gasteiger partial charge in [-0.05, 0) is 41.1 Å². The zero-order valence-corrected chi connectivity index (χ0v) is 14.6. The van der Waals surface area contributed by atoms with E-state index >= 15 is 0 Å². The summed E-state index contributed by atoms with van der Waals surface area (Å²) in [4.78, 5) is 16.8. The predicted molar refractivity (Wildman–Crippen MR) is 97.8 cm³/mol. The second-order valence-electron chi connectivity index (χ2n) is 5.36. The molecule has 3 aromatic rings. The van der Waals surface area contributed by atoms with Crippen molar-refractivity contribution in [3.05, 3.63) is 74.9 Å². The van der Waals surface area contributed by atoms with Crippen LogP contribution >= 0.6 is 22.7 Å². The lowest BCUT2D eigenvalue weighted by atomic mass is 10.3. The Labute approximate surface area is 148 Å². The summed E-state index contributed by atoms with van der Waals surface area (Å²) >= 11 is 3.35. The molecule has 2 heterocycles. The van der Waals surface area contributed by atoms with E-state index in [0.29, 0.717) is 18.8 Å². The number of hydrogen-bond acceptors (Lipinski definition) is 4. The molecule has 0 aliphatic carbocycles. The smallest absolute Gasteiger partial charge is 0.238 e. The molecule has 0 unspecified atom stereocenters. The number of nitrogens with one attached hydrogen (secondary N) is 1. The number of thiophene rings is 2. The highest BCUT2D eigenvalue weighted by atomic mass is 32.1. The average molecular weight is 360 g/mol. The van der Waals surface area contributed by atoms with E-state index in [1.165, 1.54) is 21.9 Å². The first kappa shape index (κ1) is 16.8. The van der Waals surface area contributed by atoms with Gasteiger partial charge in [0.15, 0.2) is 0 Å². The van der Waals surface area contributed by atoms with Crippen molar-refractivity contribution in [1.29, 1.82) is 0 Å². The van der Waals surface area contributed by atoms with E-state index < -0.39 is 0 Å². The molecule has 0 bridgehead atoms. The lowest BCUT2D eigenvalue weighted by Gasteiger charge is -2.20. The Morgan fingerprint density at radius 2 is 1.67 bits per heavy atom. The fourth-order valence-electron chi connectivity index (χ4n) is 2.38. The van der Waals surface area contributed by atoms with Crippen molar-refractivity contribution >= 4 is 34.3 Å². The van der Waals surface area contributed by atoms with Crippen LogP contribution in [0.15, 0.2) is 59.3 Å². The Morgan fingerprint density at radius 1 is 1.00 bits per heavy atom. The summed E-state index contributed by atoms with van der Waals surface area (Å²) in [6.07, 6.45) is 0. The summed E-state index contributed by atoms with van der Waals surface area (Å²) in [5.74, 6) is -0.504. The van der Waals surface area contributed by atoms with Gasteiger partial charge in [0.05, 0.1) is 6.54 Å². The van der Waals surface area contributed by atoms with E-state index in [0.717, 1.165) is 0 Å². The fraction of sp³-hybridized carbons (Fsp3) is 0.167. The summed E-state index contributed by atoms with van der Waals surface area (Å²) in [6, 6.07) is 14.1. The van der Waals surface area contributed by atoms with Crippen LogP contribution in [0.25, 0.3) is 0 Å². The van der Waals surface area contributed by atoms with E-state index in [2.05, 4.69) is 22.3 Å². The zero-order chi connectivity index (χ0) is 16.8. The molecule has 1 N–H and O–H groups in total. The topological polar surface area (TPSA) is 32.3 Å². The van der Waals surface area contributed by atoms with E-state index in [-0.39, 0.29) is 18.3 Å². The minimum atomic E-state index is -0.359. The van der Waals surface area contributed by atoms with Gasteiger partial charge in [0.2, 0.25) is 5.91 Å². The number of amides is 1. The molecule has 3 rings (SSSR count). The summed E-state index contributed by atoms with van der Waals surface area (Å²) in [5, 5.41) is 6.83. The Morgan fingerprint density at radius 3 is 2.21 bits per heavy atom. The van der Waals surface area contributed by atoms with Crippen LogP contribution in [0.3, 0.4) is 0 Å². The van der Waals surface area contributed by atoms with Crippen molar-refractivity contribution < 1.29 is 9.18 Å². The first-order valence-electron chi connectivity index (χ1n) is 7.51. The van der Waals surface area contributed by atoms with E-state index in [1.807, 2.05) is 22.9 Å². The molecule has 2 aromatic heterocycles. The van der Waals surface area contributed by atoms with Gasteiger partial charge in [0.1, 0.15) is 5.82 Å². The van der Waals surface area contributed by atoms with Crippen molar-refractivity contribution in [3.8, 4) is 0 Å². The van der Waals surface area contributed by atoms with Crippen LogP contribution < -0.4 is 5.32 Å². The third kappa shape index (κ3) is 4.99. The second kappa shape index (κ2) is 8.19. The van der Waals surface area contributed by atoms with Gasteiger partial charge >= 0.3 is 0 Å². The van der Waals surface area contributed by atoms with Gasteiger partial charge in [0.25, 0.3) is 0 Å². The highest BCUT2D eigenvalue weighted by molar-refractivity contribution is 7.10. The molecule has 124 valence electrons. The van der Waals surface area contributed by atoms with E-state index in [4.69, 9.17) is 0 Å². The minimum Gasteiger partial charge on any atom is -0.325 e. The molecule has 0 atom stereocenters. The lowest BCUT2D eigenvalue weighted by Crippen LogP contribution is -2.32. The molecule has 1 aromatic carbocycles. The molecule has 24 heavy (non-hydrogen) atoms. The van der Waals surface area contributed by atoms with Crippen molar-refractivity contribution in [1.82, 2.24) is 4.90 Å². The monoisotopic (exact) mass is 360 g/mol. The molecule has 0 spiro atoms. The first-order chi connectivity index (χ1) is 11.7. The molecule has 0 aliphatic rings. The van der Waals surface area contributed by atoms with Gasteiger partial charge in [0, 0.05) is 28.5 Å². The van der Waals surface area contributed by atoms with Crippen LogP contribution in [0.2, 0.25) is 0 Å². The molecule has 0 aliphatic heterocycles. The van der Waals surface area contributed by atoms with Gasteiger partial charge < -0.3 is 5.32 Å². The van der Waals surface area contributed by atoms with Crippen molar-refractivity contribution in [2.45, 2.75) is 13.1 Å². The summed E-state index contributed by atoms with van der Waals surface area (Å²) < 4.78 is 13.2. The zero-order valence-electron chi connectivity index (χ0n) is 12.9. The van der Waals surface area contributed by atoms with Crippen LogP contribution in [0, 0.1) is 5.82 Å². The molecule has 3 nitrogen and oxygen atoms in total.